The molecule has 1 aromatic rings. The van der Waals surface area contributed by atoms with Crippen molar-refractivity contribution in [1.29, 1.82) is 0 Å². The van der Waals surface area contributed by atoms with Gasteiger partial charge in [-0.1, -0.05) is 0 Å². The molecule has 0 saturated carbocycles. The fourth-order valence-corrected chi connectivity index (χ4v) is 1.02. The van der Waals surface area contributed by atoms with Crippen LogP contribution in [-0.4, -0.2) is 18.6 Å². The van der Waals surface area contributed by atoms with Gasteiger partial charge in [-0.25, -0.2) is 0 Å². The Morgan fingerprint density at radius 2 is 2.33 bits per heavy atom. The third-order valence-corrected chi connectivity index (χ3v) is 1.68. The number of nitrogens with zero attached hydrogens (tertiary/aromatic N) is 1. The van der Waals surface area contributed by atoms with Crippen molar-refractivity contribution in [2.45, 2.75) is 12.8 Å². The molecule has 66 valence electrons. The van der Waals surface area contributed by atoms with Crippen LogP contribution >= 0.6 is 0 Å². The number of aromatic nitrogens is 1. The van der Waals surface area contributed by atoms with E-state index in [0.717, 1.165) is 25.1 Å². The minimum absolute atomic E-state index is 0.719. The molecule has 0 aliphatic rings. The van der Waals surface area contributed by atoms with E-state index in [4.69, 9.17) is 10.5 Å². The van der Waals surface area contributed by atoms with Gasteiger partial charge in [0.2, 0.25) is 0 Å². The smallest absolute Gasteiger partial charge is 0.137 e. The van der Waals surface area contributed by atoms with Gasteiger partial charge in [0.1, 0.15) is 5.75 Å². The lowest BCUT2D eigenvalue weighted by Gasteiger charge is -2.01. The molecule has 0 aromatic carbocycles. The second-order valence-electron chi connectivity index (χ2n) is 2.63. The first-order valence-electron chi connectivity index (χ1n) is 4.05. The Labute approximate surface area is 72.6 Å². The van der Waals surface area contributed by atoms with Crippen LogP contribution < -0.4 is 10.5 Å². The Bertz CT molecular complexity index is 238. The van der Waals surface area contributed by atoms with E-state index in [2.05, 4.69) is 4.98 Å². The van der Waals surface area contributed by atoms with E-state index < -0.39 is 0 Å². The molecular formula is C9H14N2O. The second-order valence-corrected chi connectivity index (χ2v) is 2.63. The van der Waals surface area contributed by atoms with Crippen molar-refractivity contribution < 1.29 is 4.74 Å². The zero-order valence-electron chi connectivity index (χ0n) is 7.29. The molecule has 12 heavy (non-hydrogen) atoms. The number of hydrogen-bond donors (Lipinski definition) is 1. The van der Waals surface area contributed by atoms with E-state index in [9.17, 15) is 0 Å². The molecule has 0 unspecified atom stereocenters. The molecule has 1 aromatic heterocycles. The lowest BCUT2D eigenvalue weighted by molar-refractivity contribution is 0.412. The van der Waals surface area contributed by atoms with Crippen molar-refractivity contribution in [1.82, 2.24) is 4.98 Å². The van der Waals surface area contributed by atoms with Crippen LogP contribution in [0.3, 0.4) is 0 Å². The van der Waals surface area contributed by atoms with Gasteiger partial charge in [0.25, 0.3) is 0 Å². The number of nitrogens with two attached hydrogens (primary N) is 1. The second kappa shape index (κ2) is 4.72. The van der Waals surface area contributed by atoms with E-state index in [1.54, 1.807) is 13.3 Å². The van der Waals surface area contributed by atoms with Crippen molar-refractivity contribution in [2.24, 2.45) is 5.73 Å². The van der Waals surface area contributed by atoms with E-state index in [-0.39, 0.29) is 0 Å². The molecule has 0 bridgehead atoms. The summed E-state index contributed by atoms with van der Waals surface area (Å²) in [6.45, 7) is 0.719. The fourth-order valence-electron chi connectivity index (χ4n) is 1.02. The van der Waals surface area contributed by atoms with Gasteiger partial charge in [-0.05, 0) is 31.0 Å². The molecule has 3 nitrogen and oxygen atoms in total. The van der Waals surface area contributed by atoms with Crippen molar-refractivity contribution >= 4 is 0 Å². The normalized spacial score (nSPS) is 9.83. The summed E-state index contributed by atoms with van der Waals surface area (Å²) in [6, 6.07) is 1.99. The number of pyridine rings is 1. The molecule has 1 rings (SSSR count). The highest BCUT2D eigenvalue weighted by atomic mass is 16.5. The van der Waals surface area contributed by atoms with Gasteiger partial charge >= 0.3 is 0 Å². The van der Waals surface area contributed by atoms with E-state index >= 15 is 0 Å². The van der Waals surface area contributed by atoms with Crippen LogP contribution in [0.4, 0.5) is 0 Å². The molecule has 0 aliphatic heterocycles. The van der Waals surface area contributed by atoms with Gasteiger partial charge in [0.05, 0.1) is 13.3 Å². The highest BCUT2D eigenvalue weighted by Crippen LogP contribution is 2.11. The van der Waals surface area contributed by atoms with Crippen LogP contribution in [0.1, 0.15) is 12.0 Å². The average Bonchev–Trinajstić information content (AvgIpc) is 2.15. The van der Waals surface area contributed by atoms with Crippen LogP contribution in [0.25, 0.3) is 0 Å². The fraction of sp³-hybridized carbons (Fsp3) is 0.444. The number of methoxy groups -OCH3 is 1. The molecule has 0 spiro atoms. The zero-order valence-corrected chi connectivity index (χ0v) is 7.29. The van der Waals surface area contributed by atoms with Gasteiger partial charge < -0.3 is 10.5 Å². The van der Waals surface area contributed by atoms with Gasteiger partial charge in [-0.15, -0.1) is 0 Å². The Kier molecular flexibility index (Phi) is 3.54. The number of ether oxygens (including phenoxy) is 1. The highest BCUT2D eigenvalue weighted by Gasteiger charge is 1.95. The quantitative estimate of drug-likeness (QED) is 0.725. The predicted molar refractivity (Wildman–Crippen MR) is 48.2 cm³/mol. The van der Waals surface area contributed by atoms with Crippen LogP contribution in [0.5, 0.6) is 5.75 Å². The molecule has 0 atom stereocenters. The summed E-state index contributed by atoms with van der Waals surface area (Å²) in [5.41, 5.74) is 6.58. The summed E-state index contributed by atoms with van der Waals surface area (Å²) in [4.78, 5) is 4.04. The SMILES string of the molecule is COc1cncc(CCCN)c1. The summed E-state index contributed by atoms with van der Waals surface area (Å²) >= 11 is 0. The molecule has 0 saturated heterocycles. The Morgan fingerprint density at radius 1 is 1.50 bits per heavy atom. The monoisotopic (exact) mass is 166 g/mol. The Morgan fingerprint density at radius 3 is 3.00 bits per heavy atom. The van der Waals surface area contributed by atoms with Crippen molar-refractivity contribution in [2.75, 3.05) is 13.7 Å². The van der Waals surface area contributed by atoms with Crippen LogP contribution in [-0.2, 0) is 6.42 Å². The predicted octanol–water partition coefficient (Wildman–Crippen LogP) is 0.982. The Hall–Kier alpha value is -1.09. The third-order valence-electron chi connectivity index (χ3n) is 1.68. The molecule has 0 aliphatic carbocycles. The maximum atomic E-state index is 5.40. The van der Waals surface area contributed by atoms with Crippen LogP contribution in [0.2, 0.25) is 0 Å². The van der Waals surface area contributed by atoms with Crippen molar-refractivity contribution in [3.05, 3.63) is 24.0 Å². The van der Waals surface area contributed by atoms with Gasteiger partial charge in [-0.2, -0.15) is 0 Å². The molecule has 2 N–H and O–H groups in total. The maximum Gasteiger partial charge on any atom is 0.137 e. The lowest BCUT2D eigenvalue weighted by atomic mass is 10.1. The van der Waals surface area contributed by atoms with E-state index in [0.29, 0.717) is 0 Å². The largest absolute Gasteiger partial charge is 0.495 e. The molecule has 0 radical (unpaired) electrons. The van der Waals surface area contributed by atoms with Gasteiger partial charge in [0, 0.05) is 6.20 Å². The molecular weight excluding hydrogens is 152 g/mol. The molecule has 0 amide bonds. The first-order valence-corrected chi connectivity index (χ1v) is 4.05. The minimum atomic E-state index is 0.719. The molecule has 0 fully saturated rings. The summed E-state index contributed by atoms with van der Waals surface area (Å²) in [5, 5.41) is 0. The Balaban J connectivity index is 2.60. The molecule has 3 heteroatoms. The van der Waals surface area contributed by atoms with Crippen LogP contribution in [0, 0.1) is 0 Å². The zero-order chi connectivity index (χ0) is 8.81. The first-order chi connectivity index (χ1) is 5.86. The van der Waals surface area contributed by atoms with Gasteiger partial charge in [0.15, 0.2) is 0 Å². The van der Waals surface area contributed by atoms with E-state index in [1.807, 2.05) is 12.3 Å². The summed E-state index contributed by atoms with van der Waals surface area (Å²) in [5.74, 6) is 0.810. The van der Waals surface area contributed by atoms with Gasteiger partial charge in [-0.3, -0.25) is 4.98 Å². The summed E-state index contributed by atoms with van der Waals surface area (Å²) in [6.07, 6.45) is 5.51. The topological polar surface area (TPSA) is 48.1 Å². The third kappa shape index (κ3) is 2.51. The molecule has 1 heterocycles. The van der Waals surface area contributed by atoms with Crippen molar-refractivity contribution in [3.63, 3.8) is 0 Å². The van der Waals surface area contributed by atoms with Crippen molar-refractivity contribution in [3.8, 4) is 5.75 Å². The van der Waals surface area contributed by atoms with Crippen LogP contribution in [0.15, 0.2) is 18.5 Å². The van der Waals surface area contributed by atoms with E-state index in [1.165, 1.54) is 5.56 Å². The lowest BCUT2D eigenvalue weighted by Crippen LogP contribution is -2.00. The maximum absolute atomic E-state index is 5.40. The minimum Gasteiger partial charge on any atom is -0.495 e. The standard InChI is InChI=1S/C9H14N2O/c1-12-9-5-8(3-2-4-10)6-11-7-9/h5-7H,2-4,10H2,1H3. The summed E-state index contributed by atoms with van der Waals surface area (Å²) < 4.78 is 5.04. The average molecular weight is 166 g/mol. The number of aryl methyl sites for hydroxylation is 1. The highest BCUT2D eigenvalue weighted by molar-refractivity contribution is 5.23. The number of rotatable bonds is 4. The first kappa shape index (κ1) is 9.00. The number of hydrogen-bond acceptors (Lipinski definition) is 3. The summed E-state index contributed by atoms with van der Waals surface area (Å²) in [7, 11) is 1.64.